The van der Waals surface area contributed by atoms with Crippen molar-refractivity contribution in [1.29, 1.82) is 0 Å². The first-order chi connectivity index (χ1) is 9.49. The molecule has 2 heterocycles. The largest absolute Gasteiger partial charge is 0.383 e. The van der Waals surface area contributed by atoms with Crippen LogP contribution < -0.4 is 0 Å². The summed E-state index contributed by atoms with van der Waals surface area (Å²) >= 11 is 0. The zero-order valence-electron chi connectivity index (χ0n) is 13.0. The van der Waals surface area contributed by atoms with E-state index in [9.17, 15) is 9.59 Å². The molecule has 0 aromatic heterocycles. The molecule has 2 aliphatic heterocycles. The van der Waals surface area contributed by atoms with Crippen LogP contribution in [-0.2, 0) is 14.3 Å². The fourth-order valence-corrected chi connectivity index (χ4v) is 3.47. The molecular weight excluding hydrogens is 256 g/mol. The Morgan fingerprint density at radius 3 is 2.50 bits per heavy atom. The number of nitrogens with zero attached hydrogens (tertiary/aromatic N) is 2. The van der Waals surface area contributed by atoms with E-state index in [1.54, 1.807) is 12.0 Å². The minimum Gasteiger partial charge on any atom is -0.383 e. The van der Waals surface area contributed by atoms with Crippen molar-refractivity contribution in [3.8, 4) is 0 Å². The Morgan fingerprint density at radius 2 is 1.90 bits per heavy atom. The lowest BCUT2D eigenvalue weighted by atomic mass is 9.89. The van der Waals surface area contributed by atoms with E-state index in [0.29, 0.717) is 6.61 Å². The van der Waals surface area contributed by atoms with Crippen LogP contribution in [0.5, 0.6) is 0 Å². The van der Waals surface area contributed by atoms with Gasteiger partial charge in [-0.15, -0.1) is 0 Å². The number of piperazine rings is 1. The average Bonchev–Trinajstić information content (AvgIpc) is 2.42. The van der Waals surface area contributed by atoms with Gasteiger partial charge in [-0.2, -0.15) is 0 Å². The molecule has 0 aromatic rings. The van der Waals surface area contributed by atoms with Crippen molar-refractivity contribution < 1.29 is 14.3 Å². The molecule has 0 saturated carbocycles. The van der Waals surface area contributed by atoms with E-state index in [4.69, 9.17) is 4.74 Å². The van der Waals surface area contributed by atoms with Crippen LogP contribution in [0.25, 0.3) is 0 Å². The third-order valence-corrected chi connectivity index (χ3v) is 4.39. The van der Waals surface area contributed by atoms with Gasteiger partial charge in [-0.1, -0.05) is 13.8 Å². The van der Waals surface area contributed by atoms with Gasteiger partial charge in [0.05, 0.1) is 12.6 Å². The van der Waals surface area contributed by atoms with Gasteiger partial charge in [0.2, 0.25) is 11.8 Å². The van der Waals surface area contributed by atoms with Crippen LogP contribution in [0.4, 0.5) is 0 Å². The van der Waals surface area contributed by atoms with E-state index < -0.39 is 0 Å². The Labute approximate surface area is 121 Å². The van der Waals surface area contributed by atoms with Crippen LogP contribution >= 0.6 is 0 Å². The summed E-state index contributed by atoms with van der Waals surface area (Å²) in [5.41, 5.74) is 0. The fourth-order valence-electron chi connectivity index (χ4n) is 3.47. The lowest BCUT2D eigenvalue weighted by Crippen LogP contribution is -2.69. The number of hydrogen-bond acceptors (Lipinski definition) is 3. The molecule has 5 nitrogen and oxygen atoms in total. The van der Waals surface area contributed by atoms with Gasteiger partial charge in [0.25, 0.3) is 0 Å². The molecule has 2 aliphatic rings. The molecule has 20 heavy (non-hydrogen) atoms. The van der Waals surface area contributed by atoms with Crippen molar-refractivity contribution >= 4 is 11.8 Å². The molecule has 0 N–H and O–H groups in total. The molecule has 114 valence electrons. The summed E-state index contributed by atoms with van der Waals surface area (Å²) in [5.74, 6) is 0.341. The Morgan fingerprint density at radius 1 is 1.20 bits per heavy atom. The molecule has 2 amide bonds. The maximum atomic E-state index is 12.8. The minimum absolute atomic E-state index is 0.0621. The monoisotopic (exact) mass is 282 g/mol. The smallest absolute Gasteiger partial charge is 0.246 e. The van der Waals surface area contributed by atoms with Crippen molar-refractivity contribution in [2.75, 3.05) is 20.3 Å². The number of amides is 2. The van der Waals surface area contributed by atoms with Crippen LogP contribution in [-0.4, -0.2) is 60.0 Å². The molecule has 2 fully saturated rings. The normalized spacial score (nSPS) is 28.9. The SMILES string of the molecule is COCC(C)N1C(=O)C2CCCCN2C(=O)C1C(C)C. The van der Waals surface area contributed by atoms with Crippen molar-refractivity contribution in [3.63, 3.8) is 0 Å². The number of rotatable bonds is 4. The summed E-state index contributed by atoms with van der Waals surface area (Å²) in [7, 11) is 1.63. The molecule has 0 aromatic carbocycles. The fraction of sp³-hybridized carbons (Fsp3) is 0.867. The van der Waals surface area contributed by atoms with E-state index in [2.05, 4.69) is 0 Å². The van der Waals surface area contributed by atoms with Gasteiger partial charge in [0.1, 0.15) is 12.1 Å². The average molecular weight is 282 g/mol. The summed E-state index contributed by atoms with van der Waals surface area (Å²) in [5, 5.41) is 0. The maximum absolute atomic E-state index is 12.8. The molecule has 0 bridgehead atoms. The first-order valence-corrected chi connectivity index (χ1v) is 7.60. The first-order valence-electron chi connectivity index (χ1n) is 7.60. The summed E-state index contributed by atoms with van der Waals surface area (Å²) in [4.78, 5) is 29.2. The molecule has 5 heteroatoms. The van der Waals surface area contributed by atoms with Crippen LogP contribution in [0.2, 0.25) is 0 Å². The second-order valence-corrected chi connectivity index (χ2v) is 6.28. The van der Waals surface area contributed by atoms with Crippen molar-refractivity contribution in [2.24, 2.45) is 5.92 Å². The van der Waals surface area contributed by atoms with E-state index in [0.717, 1.165) is 25.8 Å². The van der Waals surface area contributed by atoms with Crippen LogP contribution in [0.15, 0.2) is 0 Å². The number of ether oxygens (including phenoxy) is 1. The second-order valence-electron chi connectivity index (χ2n) is 6.28. The standard InChI is InChI=1S/C15H26N2O3/c1-10(2)13-15(19)16-8-6-5-7-12(16)14(18)17(13)11(3)9-20-4/h10-13H,5-9H2,1-4H3. The zero-order chi connectivity index (χ0) is 14.9. The van der Waals surface area contributed by atoms with Crippen LogP contribution in [0, 0.1) is 5.92 Å². The predicted octanol–water partition coefficient (Wildman–Crippen LogP) is 1.27. The van der Waals surface area contributed by atoms with Gasteiger partial charge in [-0.05, 0) is 32.1 Å². The molecule has 3 unspecified atom stereocenters. The van der Waals surface area contributed by atoms with E-state index in [-0.39, 0.29) is 35.9 Å². The minimum atomic E-state index is -0.345. The Hall–Kier alpha value is -1.10. The van der Waals surface area contributed by atoms with Gasteiger partial charge < -0.3 is 14.5 Å². The molecule has 0 aliphatic carbocycles. The number of piperidine rings is 1. The quantitative estimate of drug-likeness (QED) is 0.780. The van der Waals surface area contributed by atoms with E-state index >= 15 is 0 Å². The van der Waals surface area contributed by atoms with Gasteiger partial charge >= 0.3 is 0 Å². The third-order valence-electron chi connectivity index (χ3n) is 4.39. The Bertz CT molecular complexity index is 383. The summed E-state index contributed by atoms with van der Waals surface area (Å²) in [6, 6.07) is -0.652. The lowest BCUT2D eigenvalue weighted by molar-refractivity contribution is -0.169. The molecule has 3 atom stereocenters. The van der Waals surface area contributed by atoms with Crippen molar-refractivity contribution in [2.45, 2.75) is 58.2 Å². The predicted molar refractivity (Wildman–Crippen MR) is 76.2 cm³/mol. The third kappa shape index (κ3) is 2.55. The van der Waals surface area contributed by atoms with E-state index in [1.807, 2.05) is 25.7 Å². The zero-order valence-corrected chi connectivity index (χ0v) is 13.0. The van der Waals surface area contributed by atoms with Gasteiger partial charge in [-0.25, -0.2) is 0 Å². The molecule has 2 rings (SSSR count). The Kier molecular flexibility index (Phi) is 4.68. The molecular formula is C15H26N2O3. The highest BCUT2D eigenvalue weighted by molar-refractivity contribution is 5.97. The topological polar surface area (TPSA) is 49.9 Å². The lowest BCUT2D eigenvalue weighted by Gasteiger charge is -2.50. The maximum Gasteiger partial charge on any atom is 0.246 e. The number of hydrogen-bond donors (Lipinski definition) is 0. The summed E-state index contributed by atoms with van der Waals surface area (Å²) in [6.45, 7) is 7.17. The highest BCUT2D eigenvalue weighted by Crippen LogP contribution is 2.30. The van der Waals surface area contributed by atoms with Crippen molar-refractivity contribution in [1.82, 2.24) is 9.80 Å². The highest BCUT2D eigenvalue weighted by Gasteiger charge is 2.48. The summed E-state index contributed by atoms with van der Waals surface area (Å²) < 4.78 is 5.19. The number of fused-ring (bicyclic) bond motifs is 1. The molecule has 0 spiro atoms. The molecule has 0 radical (unpaired) electrons. The second kappa shape index (κ2) is 6.12. The number of carbonyl (C=O) groups excluding carboxylic acids is 2. The van der Waals surface area contributed by atoms with Gasteiger partial charge in [0.15, 0.2) is 0 Å². The summed E-state index contributed by atoms with van der Waals surface area (Å²) in [6.07, 6.45) is 2.83. The number of carbonyl (C=O) groups is 2. The first kappa shape index (κ1) is 15.3. The number of methoxy groups -OCH3 is 1. The highest BCUT2D eigenvalue weighted by atomic mass is 16.5. The van der Waals surface area contributed by atoms with E-state index in [1.165, 1.54) is 0 Å². The van der Waals surface area contributed by atoms with Crippen LogP contribution in [0.1, 0.15) is 40.0 Å². The van der Waals surface area contributed by atoms with Crippen molar-refractivity contribution in [3.05, 3.63) is 0 Å². The molecule has 2 saturated heterocycles. The Balaban J connectivity index is 2.31. The van der Waals surface area contributed by atoms with Crippen LogP contribution in [0.3, 0.4) is 0 Å². The van der Waals surface area contributed by atoms with Gasteiger partial charge in [-0.3, -0.25) is 9.59 Å². The van der Waals surface area contributed by atoms with Gasteiger partial charge in [0, 0.05) is 13.7 Å².